The second-order valence-electron chi connectivity index (χ2n) is 6.94. The summed E-state index contributed by atoms with van der Waals surface area (Å²) in [4.78, 5) is 0. The van der Waals surface area contributed by atoms with Gasteiger partial charge in [-0.25, -0.2) is 0 Å². The number of hydrogen-bond donors (Lipinski definition) is 1. The van der Waals surface area contributed by atoms with Gasteiger partial charge in [0.2, 0.25) is 0 Å². The molecule has 0 bridgehead atoms. The Hall–Kier alpha value is -0.570. The summed E-state index contributed by atoms with van der Waals surface area (Å²) in [5.74, 6) is 0.846. The Balaban J connectivity index is 1.59. The largest absolute Gasteiger partial charge is 0.369 e. The molecule has 0 spiro atoms. The average molecular weight is 308 g/mol. The lowest BCUT2D eigenvalue weighted by Gasteiger charge is -2.39. The topological polar surface area (TPSA) is 21.3 Å². The summed E-state index contributed by atoms with van der Waals surface area (Å²) in [6.07, 6.45) is 7.61. The van der Waals surface area contributed by atoms with E-state index in [0.717, 1.165) is 23.5 Å². The molecule has 116 valence electrons. The molecular weight excluding hydrogens is 282 g/mol. The molecule has 2 saturated carbocycles. The molecule has 0 heterocycles. The normalized spacial score (nSPS) is 29.5. The molecule has 2 aliphatic carbocycles. The van der Waals surface area contributed by atoms with Crippen LogP contribution in [0.5, 0.6) is 0 Å². The van der Waals surface area contributed by atoms with Crippen LogP contribution in [0, 0.1) is 5.92 Å². The van der Waals surface area contributed by atoms with Gasteiger partial charge in [0.1, 0.15) is 0 Å². The molecule has 0 aliphatic heterocycles. The highest BCUT2D eigenvalue weighted by molar-refractivity contribution is 6.30. The van der Waals surface area contributed by atoms with E-state index in [4.69, 9.17) is 16.3 Å². The number of benzene rings is 1. The van der Waals surface area contributed by atoms with E-state index < -0.39 is 0 Å². The number of ether oxygens (including phenoxy) is 1. The third kappa shape index (κ3) is 4.45. The maximum absolute atomic E-state index is 6.42. The van der Waals surface area contributed by atoms with Crippen LogP contribution in [0.25, 0.3) is 0 Å². The van der Waals surface area contributed by atoms with Gasteiger partial charge in [-0.1, -0.05) is 30.7 Å². The number of hydrogen-bond acceptors (Lipinski definition) is 2. The van der Waals surface area contributed by atoms with Crippen LogP contribution >= 0.6 is 11.6 Å². The maximum atomic E-state index is 6.42. The first-order valence-electron chi connectivity index (χ1n) is 8.27. The van der Waals surface area contributed by atoms with Crippen molar-refractivity contribution in [3.05, 3.63) is 34.9 Å². The Bertz CT molecular complexity index is 447. The molecule has 2 fully saturated rings. The zero-order valence-electron chi connectivity index (χ0n) is 12.9. The van der Waals surface area contributed by atoms with Crippen molar-refractivity contribution in [3.63, 3.8) is 0 Å². The molecule has 1 aromatic rings. The lowest BCUT2D eigenvalue weighted by atomic mass is 9.79. The molecule has 0 radical (unpaired) electrons. The average Bonchev–Trinajstić information content (AvgIpc) is 3.32. The summed E-state index contributed by atoms with van der Waals surface area (Å²) in [5.41, 5.74) is 1.25. The Morgan fingerprint density at radius 2 is 1.81 bits per heavy atom. The van der Waals surface area contributed by atoms with Crippen LogP contribution in [-0.4, -0.2) is 18.2 Å². The standard InChI is InChI=1S/C18H26ClNO/c1-14-8-10-18(11-9-14,13-20-17-6-7-17)21-12-15-2-4-16(19)5-3-15/h2-5,14,17,20H,6-13H2,1H3. The van der Waals surface area contributed by atoms with E-state index in [1.807, 2.05) is 12.1 Å². The Morgan fingerprint density at radius 1 is 1.14 bits per heavy atom. The predicted molar refractivity (Wildman–Crippen MR) is 87.6 cm³/mol. The van der Waals surface area contributed by atoms with E-state index in [1.165, 1.54) is 44.1 Å². The Kier molecular flexibility index (Phi) is 4.88. The minimum absolute atomic E-state index is 0.0364. The van der Waals surface area contributed by atoms with Crippen LogP contribution < -0.4 is 5.32 Å². The SMILES string of the molecule is CC1CCC(CNC2CC2)(OCc2ccc(Cl)cc2)CC1. The van der Waals surface area contributed by atoms with E-state index in [1.54, 1.807) is 0 Å². The summed E-state index contributed by atoms with van der Waals surface area (Å²) < 4.78 is 6.42. The van der Waals surface area contributed by atoms with Gasteiger partial charge in [-0.2, -0.15) is 0 Å². The maximum Gasteiger partial charge on any atom is 0.0811 e. The van der Waals surface area contributed by atoms with Crippen molar-refractivity contribution in [2.75, 3.05) is 6.54 Å². The monoisotopic (exact) mass is 307 g/mol. The van der Waals surface area contributed by atoms with Crippen molar-refractivity contribution < 1.29 is 4.74 Å². The predicted octanol–water partition coefficient (Wildman–Crippen LogP) is 4.56. The smallest absolute Gasteiger partial charge is 0.0811 e. The van der Waals surface area contributed by atoms with E-state index in [0.29, 0.717) is 6.61 Å². The highest BCUT2D eigenvalue weighted by Crippen LogP contribution is 2.36. The lowest BCUT2D eigenvalue weighted by Crippen LogP contribution is -2.46. The zero-order valence-corrected chi connectivity index (χ0v) is 13.7. The van der Waals surface area contributed by atoms with Gasteiger partial charge >= 0.3 is 0 Å². The van der Waals surface area contributed by atoms with Gasteiger partial charge in [-0.05, 0) is 62.1 Å². The molecule has 21 heavy (non-hydrogen) atoms. The van der Waals surface area contributed by atoms with E-state index in [2.05, 4.69) is 24.4 Å². The fourth-order valence-electron chi connectivity index (χ4n) is 3.10. The van der Waals surface area contributed by atoms with Gasteiger partial charge in [0, 0.05) is 17.6 Å². The highest BCUT2D eigenvalue weighted by atomic mass is 35.5. The van der Waals surface area contributed by atoms with Gasteiger partial charge in [0.05, 0.1) is 12.2 Å². The minimum Gasteiger partial charge on any atom is -0.369 e. The fourth-order valence-corrected chi connectivity index (χ4v) is 3.22. The zero-order chi connectivity index (χ0) is 14.7. The highest BCUT2D eigenvalue weighted by Gasteiger charge is 2.36. The lowest BCUT2D eigenvalue weighted by molar-refractivity contribution is -0.0851. The molecule has 2 aliphatic rings. The third-order valence-electron chi connectivity index (χ3n) is 4.93. The first-order chi connectivity index (χ1) is 10.2. The summed E-state index contributed by atoms with van der Waals surface area (Å²) >= 11 is 5.94. The van der Waals surface area contributed by atoms with Gasteiger partial charge in [-0.3, -0.25) is 0 Å². The van der Waals surface area contributed by atoms with Crippen LogP contribution in [0.2, 0.25) is 5.02 Å². The van der Waals surface area contributed by atoms with Crippen LogP contribution in [0.15, 0.2) is 24.3 Å². The Labute approximate surface area is 133 Å². The van der Waals surface area contributed by atoms with E-state index >= 15 is 0 Å². The Morgan fingerprint density at radius 3 is 2.43 bits per heavy atom. The number of nitrogens with one attached hydrogen (secondary N) is 1. The molecule has 3 rings (SSSR count). The third-order valence-corrected chi connectivity index (χ3v) is 5.19. The van der Waals surface area contributed by atoms with Crippen LogP contribution in [0.3, 0.4) is 0 Å². The van der Waals surface area contributed by atoms with Gasteiger partial charge in [0.15, 0.2) is 0 Å². The van der Waals surface area contributed by atoms with Crippen molar-refractivity contribution in [2.24, 2.45) is 5.92 Å². The minimum atomic E-state index is 0.0364. The van der Waals surface area contributed by atoms with E-state index in [9.17, 15) is 0 Å². The van der Waals surface area contributed by atoms with Crippen molar-refractivity contribution in [2.45, 2.75) is 63.7 Å². The van der Waals surface area contributed by atoms with Crippen molar-refractivity contribution in [1.29, 1.82) is 0 Å². The van der Waals surface area contributed by atoms with Crippen LogP contribution in [0.4, 0.5) is 0 Å². The van der Waals surface area contributed by atoms with Crippen molar-refractivity contribution >= 4 is 11.6 Å². The summed E-state index contributed by atoms with van der Waals surface area (Å²) in [6.45, 7) is 4.06. The van der Waals surface area contributed by atoms with Crippen molar-refractivity contribution in [1.82, 2.24) is 5.32 Å². The molecule has 3 heteroatoms. The molecule has 0 unspecified atom stereocenters. The van der Waals surface area contributed by atoms with E-state index in [-0.39, 0.29) is 5.60 Å². The van der Waals surface area contributed by atoms with Crippen molar-refractivity contribution in [3.8, 4) is 0 Å². The van der Waals surface area contributed by atoms with Gasteiger partial charge in [-0.15, -0.1) is 0 Å². The molecule has 1 N–H and O–H groups in total. The summed E-state index contributed by atoms with van der Waals surface area (Å²) in [6, 6.07) is 8.77. The molecule has 0 atom stereocenters. The number of rotatable bonds is 6. The first kappa shape index (κ1) is 15.3. The van der Waals surface area contributed by atoms with Crippen LogP contribution in [-0.2, 0) is 11.3 Å². The quantitative estimate of drug-likeness (QED) is 0.832. The molecule has 1 aromatic carbocycles. The number of halogens is 1. The summed E-state index contributed by atoms with van der Waals surface area (Å²) in [5, 5.41) is 4.47. The molecule has 0 aromatic heterocycles. The molecule has 0 saturated heterocycles. The molecule has 2 nitrogen and oxygen atoms in total. The first-order valence-corrected chi connectivity index (χ1v) is 8.65. The molecular formula is C18H26ClNO. The second kappa shape index (κ2) is 6.68. The second-order valence-corrected chi connectivity index (χ2v) is 7.37. The van der Waals surface area contributed by atoms with Gasteiger partial charge < -0.3 is 10.1 Å². The summed E-state index contributed by atoms with van der Waals surface area (Å²) in [7, 11) is 0. The molecule has 0 amide bonds. The van der Waals surface area contributed by atoms with Crippen LogP contribution in [0.1, 0.15) is 51.0 Å². The fraction of sp³-hybridized carbons (Fsp3) is 0.667. The van der Waals surface area contributed by atoms with Gasteiger partial charge in [0.25, 0.3) is 0 Å².